The van der Waals surface area contributed by atoms with Gasteiger partial charge in [-0.15, -0.1) is 0 Å². The molecule has 176 valence electrons. The molecule has 2 fully saturated rings. The summed E-state index contributed by atoms with van der Waals surface area (Å²) in [4.78, 5) is 27.7. The Morgan fingerprint density at radius 3 is 2.69 bits per heavy atom. The highest BCUT2D eigenvalue weighted by Gasteiger charge is 2.39. The van der Waals surface area contributed by atoms with Crippen LogP contribution in [-0.2, 0) is 9.53 Å². The van der Waals surface area contributed by atoms with E-state index in [0.717, 1.165) is 31.7 Å². The molecule has 7 nitrogen and oxygen atoms in total. The number of hydrogen-bond donors (Lipinski definition) is 2. The van der Waals surface area contributed by atoms with Gasteiger partial charge in [-0.25, -0.2) is 4.79 Å². The SMILES string of the molecule is CC(C)(C)OC(=O)N1CC[C@@H]2C[C@@H]1C(=O)NCCCNCCOc1ccc(C3CC3)cc12. The van der Waals surface area contributed by atoms with Crippen LogP contribution in [0.5, 0.6) is 5.75 Å². The zero-order chi connectivity index (χ0) is 22.7. The molecule has 1 aromatic carbocycles. The van der Waals surface area contributed by atoms with Crippen molar-refractivity contribution >= 4 is 12.0 Å². The van der Waals surface area contributed by atoms with Gasteiger partial charge in [-0.3, -0.25) is 9.69 Å². The van der Waals surface area contributed by atoms with Crippen molar-refractivity contribution in [1.82, 2.24) is 15.5 Å². The van der Waals surface area contributed by atoms with Gasteiger partial charge in [-0.1, -0.05) is 12.1 Å². The Bertz CT molecular complexity index is 831. The third kappa shape index (κ3) is 5.74. The van der Waals surface area contributed by atoms with Crippen molar-refractivity contribution in [3.05, 3.63) is 29.3 Å². The van der Waals surface area contributed by atoms with Gasteiger partial charge in [0.2, 0.25) is 5.91 Å². The van der Waals surface area contributed by atoms with E-state index in [9.17, 15) is 9.59 Å². The van der Waals surface area contributed by atoms with Crippen LogP contribution < -0.4 is 15.4 Å². The van der Waals surface area contributed by atoms with Crippen molar-refractivity contribution in [2.75, 3.05) is 32.8 Å². The zero-order valence-electron chi connectivity index (χ0n) is 19.6. The Labute approximate surface area is 191 Å². The molecule has 2 amide bonds. The normalized spacial score (nSPS) is 25.1. The largest absolute Gasteiger partial charge is 0.492 e. The number of likely N-dealkylation sites (tertiary alicyclic amines) is 1. The van der Waals surface area contributed by atoms with Crippen molar-refractivity contribution < 1.29 is 19.1 Å². The molecule has 0 unspecified atom stereocenters. The molecule has 1 aromatic rings. The van der Waals surface area contributed by atoms with Gasteiger partial charge in [0.05, 0.1) is 0 Å². The third-order valence-corrected chi connectivity index (χ3v) is 6.42. The Kier molecular flexibility index (Phi) is 6.93. The number of piperidine rings is 1. The lowest BCUT2D eigenvalue weighted by atomic mass is 9.83. The van der Waals surface area contributed by atoms with Crippen LogP contribution in [0.4, 0.5) is 4.79 Å². The molecule has 1 aliphatic carbocycles. The summed E-state index contributed by atoms with van der Waals surface area (Å²) in [6.45, 7) is 8.83. The highest BCUT2D eigenvalue weighted by Crippen LogP contribution is 2.44. The zero-order valence-corrected chi connectivity index (χ0v) is 19.6. The molecule has 2 bridgehead atoms. The highest BCUT2D eigenvalue weighted by molar-refractivity contribution is 5.86. The number of fused-ring (bicyclic) bond motifs is 4. The molecule has 1 saturated carbocycles. The van der Waals surface area contributed by atoms with E-state index in [0.29, 0.717) is 32.0 Å². The quantitative estimate of drug-likeness (QED) is 0.694. The summed E-state index contributed by atoms with van der Waals surface area (Å²) >= 11 is 0. The topological polar surface area (TPSA) is 79.9 Å². The molecule has 2 atom stereocenters. The molecule has 1 saturated heterocycles. The number of benzene rings is 1. The number of carbonyl (C=O) groups excluding carboxylic acids is 2. The first kappa shape index (κ1) is 22.9. The van der Waals surface area contributed by atoms with E-state index >= 15 is 0 Å². The molecule has 2 aliphatic heterocycles. The molecule has 0 radical (unpaired) electrons. The molecule has 2 heterocycles. The fourth-order valence-corrected chi connectivity index (χ4v) is 4.62. The minimum Gasteiger partial charge on any atom is -0.492 e. The molecular formula is C25H37N3O4. The van der Waals surface area contributed by atoms with E-state index in [-0.39, 0.29) is 11.8 Å². The van der Waals surface area contributed by atoms with Gasteiger partial charge in [0.15, 0.2) is 0 Å². The fourth-order valence-electron chi connectivity index (χ4n) is 4.62. The summed E-state index contributed by atoms with van der Waals surface area (Å²) in [6, 6.07) is 6.03. The van der Waals surface area contributed by atoms with Gasteiger partial charge >= 0.3 is 6.09 Å². The number of amides is 2. The second-order valence-corrected chi connectivity index (χ2v) is 10.2. The standard InChI is InChI=1S/C25H37N3O4/c1-25(2,3)32-24(30)28-13-9-19-16-21(28)23(29)27-11-4-10-26-12-14-31-22-8-7-18(15-20(19)22)17-5-6-17/h7-8,15,17,19,21,26H,4-6,9-14,16H2,1-3H3,(H,27,29)/t19-,21-/m1/s1. The molecule has 3 aliphatic rings. The van der Waals surface area contributed by atoms with E-state index in [1.165, 1.54) is 24.0 Å². The van der Waals surface area contributed by atoms with E-state index in [1.807, 2.05) is 20.8 Å². The summed E-state index contributed by atoms with van der Waals surface area (Å²) in [7, 11) is 0. The van der Waals surface area contributed by atoms with E-state index < -0.39 is 17.7 Å². The van der Waals surface area contributed by atoms with Gasteiger partial charge in [-0.05, 0) is 88.4 Å². The summed E-state index contributed by atoms with van der Waals surface area (Å²) in [5.41, 5.74) is 1.94. The van der Waals surface area contributed by atoms with Gasteiger partial charge in [0.1, 0.15) is 24.0 Å². The maximum Gasteiger partial charge on any atom is 0.410 e. The molecule has 32 heavy (non-hydrogen) atoms. The fraction of sp³-hybridized carbons (Fsp3) is 0.680. The first-order valence-electron chi connectivity index (χ1n) is 12.1. The molecule has 2 N–H and O–H groups in total. The predicted octanol–water partition coefficient (Wildman–Crippen LogP) is 3.54. The molecular weight excluding hydrogens is 406 g/mol. The molecule has 0 aromatic heterocycles. The first-order chi connectivity index (χ1) is 15.3. The number of nitrogens with zero attached hydrogens (tertiary/aromatic N) is 1. The van der Waals surface area contributed by atoms with Crippen LogP contribution in [0.3, 0.4) is 0 Å². The van der Waals surface area contributed by atoms with Crippen LogP contribution in [0, 0.1) is 0 Å². The van der Waals surface area contributed by atoms with Gasteiger partial charge < -0.3 is 20.1 Å². The monoisotopic (exact) mass is 443 g/mol. The summed E-state index contributed by atoms with van der Waals surface area (Å²) in [6.07, 6.45) is 4.26. The molecule has 0 spiro atoms. The van der Waals surface area contributed by atoms with Crippen molar-refractivity contribution in [2.24, 2.45) is 0 Å². The number of nitrogens with one attached hydrogen (secondary N) is 2. The smallest absolute Gasteiger partial charge is 0.410 e. The number of ether oxygens (including phenoxy) is 2. The average molecular weight is 444 g/mol. The minimum absolute atomic E-state index is 0.0987. The van der Waals surface area contributed by atoms with E-state index in [4.69, 9.17) is 9.47 Å². The van der Waals surface area contributed by atoms with Gasteiger partial charge in [0.25, 0.3) is 0 Å². The number of hydrogen-bond acceptors (Lipinski definition) is 5. The maximum atomic E-state index is 13.2. The first-order valence-corrected chi connectivity index (χ1v) is 12.1. The highest BCUT2D eigenvalue weighted by atomic mass is 16.6. The third-order valence-electron chi connectivity index (χ3n) is 6.42. The molecule has 7 heteroatoms. The number of rotatable bonds is 1. The van der Waals surface area contributed by atoms with Crippen LogP contribution in [-0.4, -0.2) is 61.3 Å². The Hall–Kier alpha value is -2.28. The Morgan fingerprint density at radius 1 is 1.12 bits per heavy atom. The Balaban J connectivity index is 1.62. The van der Waals surface area contributed by atoms with Crippen LogP contribution in [0.2, 0.25) is 0 Å². The van der Waals surface area contributed by atoms with Crippen molar-refractivity contribution in [3.8, 4) is 5.75 Å². The van der Waals surface area contributed by atoms with Crippen LogP contribution in [0.15, 0.2) is 18.2 Å². The Morgan fingerprint density at radius 2 is 1.94 bits per heavy atom. The maximum absolute atomic E-state index is 13.2. The lowest BCUT2D eigenvalue weighted by Crippen LogP contribution is -2.54. The molecule has 4 rings (SSSR count). The van der Waals surface area contributed by atoms with Crippen molar-refractivity contribution in [1.29, 1.82) is 0 Å². The average Bonchev–Trinajstić information content (AvgIpc) is 3.59. The van der Waals surface area contributed by atoms with Crippen LogP contribution in [0.1, 0.15) is 75.8 Å². The van der Waals surface area contributed by atoms with E-state index in [2.05, 4.69) is 28.8 Å². The second kappa shape index (κ2) is 9.69. The van der Waals surface area contributed by atoms with Gasteiger partial charge in [0, 0.05) is 19.6 Å². The lowest BCUT2D eigenvalue weighted by molar-refractivity contribution is -0.127. The van der Waals surface area contributed by atoms with Crippen molar-refractivity contribution in [2.45, 2.75) is 76.4 Å². The predicted molar refractivity (Wildman–Crippen MR) is 123 cm³/mol. The second-order valence-electron chi connectivity index (χ2n) is 10.2. The summed E-state index contributed by atoms with van der Waals surface area (Å²) < 4.78 is 11.8. The number of carbonyl (C=O) groups is 2. The summed E-state index contributed by atoms with van der Waals surface area (Å²) in [5.74, 6) is 1.62. The van der Waals surface area contributed by atoms with Crippen LogP contribution in [0.25, 0.3) is 0 Å². The van der Waals surface area contributed by atoms with Crippen molar-refractivity contribution in [3.63, 3.8) is 0 Å². The minimum atomic E-state index is -0.600. The van der Waals surface area contributed by atoms with E-state index in [1.54, 1.807) is 4.90 Å². The lowest BCUT2D eigenvalue weighted by Gasteiger charge is -2.39. The van der Waals surface area contributed by atoms with Gasteiger partial charge in [-0.2, -0.15) is 0 Å². The summed E-state index contributed by atoms with van der Waals surface area (Å²) in [5, 5.41) is 6.41. The van der Waals surface area contributed by atoms with Crippen LogP contribution >= 0.6 is 0 Å².